The van der Waals surface area contributed by atoms with Gasteiger partial charge in [0.05, 0.1) is 6.61 Å². The van der Waals surface area contributed by atoms with Crippen LogP contribution >= 0.6 is 0 Å². The SMILES string of the molecule is CCOC(=O)N1CCN(C(=O)c2ccc(NC3c4ccccc4C(=O)N3CC3CC3)cc2)CC1. The Morgan fingerprint density at radius 3 is 2.32 bits per heavy atom. The first kappa shape index (κ1) is 22.3. The second-order valence-electron chi connectivity index (χ2n) is 9.09. The van der Waals surface area contributed by atoms with Gasteiger partial charge in [0.15, 0.2) is 0 Å². The maximum atomic E-state index is 13.0. The molecule has 2 aromatic rings. The Kier molecular flexibility index (Phi) is 6.13. The number of amides is 3. The number of hydrogen-bond acceptors (Lipinski definition) is 5. The molecule has 1 unspecified atom stereocenters. The van der Waals surface area contributed by atoms with Gasteiger partial charge in [0.25, 0.3) is 11.8 Å². The standard InChI is InChI=1S/C26H30N4O4/c1-2-34-26(33)29-15-13-28(14-16-29)24(31)19-9-11-20(12-10-19)27-23-21-5-3-4-6-22(21)25(32)30(23)17-18-7-8-18/h3-6,9-12,18,23,27H,2,7-8,13-17H2,1H3. The molecule has 8 nitrogen and oxygen atoms in total. The number of anilines is 1. The Morgan fingerprint density at radius 2 is 1.65 bits per heavy atom. The summed E-state index contributed by atoms with van der Waals surface area (Å²) in [5.41, 5.74) is 3.22. The van der Waals surface area contributed by atoms with Gasteiger partial charge in [0.1, 0.15) is 6.17 Å². The molecular weight excluding hydrogens is 432 g/mol. The molecule has 0 bridgehead atoms. The monoisotopic (exact) mass is 462 g/mol. The van der Waals surface area contributed by atoms with Crippen molar-refractivity contribution in [3.05, 3.63) is 65.2 Å². The molecule has 3 amide bonds. The van der Waals surface area contributed by atoms with Crippen molar-refractivity contribution in [1.82, 2.24) is 14.7 Å². The molecule has 0 spiro atoms. The van der Waals surface area contributed by atoms with Gasteiger partial charge in [-0.05, 0) is 56.0 Å². The van der Waals surface area contributed by atoms with Gasteiger partial charge in [-0.15, -0.1) is 0 Å². The van der Waals surface area contributed by atoms with Crippen LogP contribution in [-0.4, -0.2) is 71.9 Å². The number of carbonyl (C=O) groups is 3. The number of ether oxygens (including phenoxy) is 1. The topological polar surface area (TPSA) is 82.2 Å². The van der Waals surface area contributed by atoms with Crippen LogP contribution in [-0.2, 0) is 4.74 Å². The first-order valence-electron chi connectivity index (χ1n) is 12.0. The summed E-state index contributed by atoms with van der Waals surface area (Å²) in [7, 11) is 0. The highest BCUT2D eigenvalue weighted by Gasteiger charge is 2.39. The summed E-state index contributed by atoms with van der Waals surface area (Å²) < 4.78 is 5.04. The maximum Gasteiger partial charge on any atom is 0.409 e. The van der Waals surface area contributed by atoms with Gasteiger partial charge < -0.3 is 24.8 Å². The third kappa shape index (κ3) is 4.44. The Hall–Kier alpha value is -3.55. The maximum absolute atomic E-state index is 13.0. The summed E-state index contributed by atoms with van der Waals surface area (Å²) in [6.07, 6.45) is 1.82. The Bertz CT molecular complexity index is 1070. The van der Waals surface area contributed by atoms with Gasteiger partial charge in [0.2, 0.25) is 0 Å². The van der Waals surface area contributed by atoms with E-state index in [1.165, 1.54) is 12.8 Å². The van der Waals surface area contributed by atoms with Crippen LogP contribution in [0.1, 0.15) is 52.2 Å². The van der Waals surface area contributed by atoms with E-state index >= 15 is 0 Å². The number of fused-ring (bicyclic) bond motifs is 1. The lowest BCUT2D eigenvalue weighted by Crippen LogP contribution is -2.50. The number of rotatable bonds is 6. The quantitative estimate of drug-likeness (QED) is 0.710. The van der Waals surface area contributed by atoms with E-state index in [-0.39, 0.29) is 24.1 Å². The first-order valence-corrected chi connectivity index (χ1v) is 12.0. The Morgan fingerprint density at radius 1 is 0.971 bits per heavy atom. The van der Waals surface area contributed by atoms with E-state index in [2.05, 4.69) is 5.32 Å². The van der Waals surface area contributed by atoms with E-state index in [0.29, 0.717) is 44.3 Å². The van der Waals surface area contributed by atoms with Crippen LogP contribution < -0.4 is 5.32 Å². The molecule has 1 saturated heterocycles. The molecule has 34 heavy (non-hydrogen) atoms. The minimum Gasteiger partial charge on any atom is -0.450 e. The molecule has 5 rings (SSSR count). The van der Waals surface area contributed by atoms with E-state index in [1.54, 1.807) is 16.7 Å². The lowest BCUT2D eigenvalue weighted by molar-refractivity contribution is 0.0570. The van der Waals surface area contributed by atoms with Crippen molar-refractivity contribution < 1.29 is 19.1 Å². The van der Waals surface area contributed by atoms with Crippen molar-refractivity contribution in [1.29, 1.82) is 0 Å². The molecule has 1 aliphatic carbocycles. The van der Waals surface area contributed by atoms with E-state index in [4.69, 9.17) is 4.74 Å². The average molecular weight is 463 g/mol. The third-order valence-corrected chi connectivity index (χ3v) is 6.74. The van der Waals surface area contributed by atoms with E-state index in [0.717, 1.165) is 23.4 Å². The molecule has 1 saturated carbocycles. The third-order valence-electron chi connectivity index (χ3n) is 6.74. The number of nitrogens with one attached hydrogen (secondary N) is 1. The van der Waals surface area contributed by atoms with Gasteiger partial charge in [-0.25, -0.2) is 4.79 Å². The van der Waals surface area contributed by atoms with Gasteiger partial charge in [-0.1, -0.05) is 18.2 Å². The molecule has 2 heterocycles. The number of benzene rings is 2. The number of piperazine rings is 1. The highest BCUT2D eigenvalue weighted by atomic mass is 16.6. The predicted molar refractivity (Wildman–Crippen MR) is 128 cm³/mol. The molecule has 0 aromatic heterocycles. The van der Waals surface area contributed by atoms with Crippen molar-refractivity contribution in [2.75, 3.05) is 44.6 Å². The lowest BCUT2D eigenvalue weighted by atomic mass is 10.1. The summed E-state index contributed by atoms with van der Waals surface area (Å²) in [4.78, 5) is 43.2. The number of hydrogen-bond donors (Lipinski definition) is 1. The van der Waals surface area contributed by atoms with Crippen LogP contribution in [0, 0.1) is 5.92 Å². The molecule has 1 N–H and O–H groups in total. The Balaban J connectivity index is 1.24. The Labute approximate surface area is 199 Å². The van der Waals surface area contributed by atoms with Gasteiger partial charge in [-0.2, -0.15) is 0 Å². The molecular formula is C26H30N4O4. The van der Waals surface area contributed by atoms with Crippen molar-refractivity contribution in [2.24, 2.45) is 5.92 Å². The summed E-state index contributed by atoms with van der Waals surface area (Å²) in [5, 5.41) is 3.51. The molecule has 2 aliphatic heterocycles. The van der Waals surface area contributed by atoms with Crippen molar-refractivity contribution in [2.45, 2.75) is 25.9 Å². The fourth-order valence-corrected chi connectivity index (χ4v) is 4.65. The van der Waals surface area contributed by atoms with Gasteiger partial charge in [0, 0.05) is 55.1 Å². The zero-order valence-corrected chi connectivity index (χ0v) is 19.4. The zero-order chi connectivity index (χ0) is 23.7. The van der Waals surface area contributed by atoms with Crippen molar-refractivity contribution in [3.8, 4) is 0 Å². The minimum atomic E-state index is -0.326. The molecule has 178 valence electrons. The predicted octanol–water partition coefficient (Wildman–Crippen LogP) is 3.58. The minimum absolute atomic E-state index is 0.0493. The largest absolute Gasteiger partial charge is 0.450 e. The molecule has 1 atom stereocenters. The van der Waals surface area contributed by atoms with Crippen molar-refractivity contribution in [3.63, 3.8) is 0 Å². The summed E-state index contributed by atoms with van der Waals surface area (Å²) in [6.45, 7) is 4.79. The number of carbonyl (C=O) groups excluding carboxylic acids is 3. The summed E-state index contributed by atoms with van der Waals surface area (Å²) in [6, 6.07) is 15.2. The molecule has 2 fully saturated rings. The second kappa shape index (κ2) is 9.37. The van der Waals surface area contributed by atoms with Crippen molar-refractivity contribution >= 4 is 23.6 Å². The van der Waals surface area contributed by atoms with E-state index in [9.17, 15) is 14.4 Å². The molecule has 3 aliphatic rings. The summed E-state index contributed by atoms with van der Waals surface area (Å²) >= 11 is 0. The van der Waals surface area contributed by atoms with Crippen LogP contribution in [0.4, 0.5) is 10.5 Å². The van der Waals surface area contributed by atoms with Gasteiger partial charge in [-0.3, -0.25) is 9.59 Å². The lowest BCUT2D eigenvalue weighted by Gasteiger charge is -2.34. The van der Waals surface area contributed by atoms with E-state index < -0.39 is 0 Å². The van der Waals surface area contributed by atoms with E-state index in [1.807, 2.05) is 53.4 Å². The highest BCUT2D eigenvalue weighted by Crippen LogP contribution is 2.39. The number of nitrogens with zero attached hydrogens (tertiary/aromatic N) is 3. The molecule has 8 heteroatoms. The fourth-order valence-electron chi connectivity index (χ4n) is 4.65. The second-order valence-corrected chi connectivity index (χ2v) is 9.09. The van der Waals surface area contributed by atoms with Crippen LogP contribution in [0.2, 0.25) is 0 Å². The zero-order valence-electron chi connectivity index (χ0n) is 19.4. The van der Waals surface area contributed by atoms with Gasteiger partial charge >= 0.3 is 6.09 Å². The average Bonchev–Trinajstić information content (AvgIpc) is 3.66. The van der Waals surface area contributed by atoms with Crippen LogP contribution in [0.25, 0.3) is 0 Å². The first-order chi connectivity index (χ1) is 16.5. The molecule has 0 radical (unpaired) electrons. The smallest absolute Gasteiger partial charge is 0.409 e. The fraction of sp³-hybridized carbons (Fsp3) is 0.423. The van der Waals surface area contributed by atoms with Crippen LogP contribution in [0.3, 0.4) is 0 Å². The molecule has 2 aromatic carbocycles. The van der Waals surface area contributed by atoms with Crippen LogP contribution in [0.15, 0.2) is 48.5 Å². The van der Waals surface area contributed by atoms with Crippen LogP contribution in [0.5, 0.6) is 0 Å². The normalized spacial score (nSPS) is 19.7. The summed E-state index contributed by atoms with van der Waals surface area (Å²) in [5.74, 6) is 0.618. The highest BCUT2D eigenvalue weighted by molar-refractivity contribution is 5.99.